The molecule has 0 radical (unpaired) electrons. The van der Waals surface area contributed by atoms with E-state index in [4.69, 9.17) is 4.74 Å². The fourth-order valence-corrected chi connectivity index (χ4v) is 1.91. The fraction of sp³-hybridized carbons (Fsp3) is 0.562. The number of benzene rings is 1. The fourth-order valence-electron chi connectivity index (χ4n) is 1.91. The molecule has 0 aromatic heterocycles. The molecule has 1 rings (SSSR count). The number of aryl methyl sites for hydroxylation is 1. The highest BCUT2D eigenvalue weighted by Crippen LogP contribution is 2.14. The van der Waals surface area contributed by atoms with Gasteiger partial charge in [-0.1, -0.05) is 32.4 Å². The Kier molecular flexibility index (Phi) is 6.48. The van der Waals surface area contributed by atoms with E-state index in [2.05, 4.69) is 13.8 Å². The minimum absolute atomic E-state index is 0.381. The second-order valence-corrected chi connectivity index (χ2v) is 5.17. The Morgan fingerprint density at radius 1 is 1.17 bits per heavy atom. The Morgan fingerprint density at radius 3 is 2.39 bits per heavy atom. The van der Waals surface area contributed by atoms with Crippen molar-refractivity contribution >= 4 is 5.78 Å². The van der Waals surface area contributed by atoms with E-state index in [0.717, 1.165) is 31.4 Å². The summed E-state index contributed by atoms with van der Waals surface area (Å²) in [7, 11) is 1.66. The van der Waals surface area contributed by atoms with Crippen molar-refractivity contribution in [2.24, 2.45) is 5.92 Å². The van der Waals surface area contributed by atoms with Gasteiger partial charge in [-0.2, -0.15) is 0 Å². The predicted molar refractivity (Wildman–Crippen MR) is 75.0 cm³/mol. The SMILES string of the molecule is COc1ccc(CCC(=O)CCCC(C)C)cc1. The molecule has 100 valence electrons. The van der Waals surface area contributed by atoms with Crippen LogP contribution in [0.1, 0.15) is 45.1 Å². The largest absolute Gasteiger partial charge is 0.497 e. The topological polar surface area (TPSA) is 26.3 Å². The molecule has 0 fully saturated rings. The van der Waals surface area contributed by atoms with Crippen molar-refractivity contribution in [3.05, 3.63) is 29.8 Å². The van der Waals surface area contributed by atoms with Crippen LogP contribution >= 0.6 is 0 Å². The highest BCUT2D eigenvalue weighted by atomic mass is 16.5. The summed E-state index contributed by atoms with van der Waals surface area (Å²) in [4.78, 5) is 11.7. The van der Waals surface area contributed by atoms with E-state index in [1.165, 1.54) is 5.56 Å². The van der Waals surface area contributed by atoms with Crippen LogP contribution in [0.4, 0.5) is 0 Å². The minimum Gasteiger partial charge on any atom is -0.497 e. The van der Waals surface area contributed by atoms with E-state index in [1.54, 1.807) is 7.11 Å². The summed E-state index contributed by atoms with van der Waals surface area (Å²) in [6.45, 7) is 4.39. The van der Waals surface area contributed by atoms with Crippen molar-refractivity contribution in [1.82, 2.24) is 0 Å². The van der Waals surface area contributed by atoms with Crippen molar-refractivity contribution in [3.8, 4) is 5.75 Å². The first-order valence-corrected chi connectivity index (χ1v) is 6.76. The highest BCUT2D eigenvalue weighted by molar-refractivity contribution is 5.78. The average molecular weight is 248 g/mol. The Hall–Kier alpha value is -1.31. The molecular formula is C16H24O2. The number of hydrogen-bond donors (Lipinski definition) is 0. The standard InChI is InChI=1S/C16H24O2/c1-13(2)5-4-6-15(17)10-7-14-8-11-16(18-3)12-9-14/h8-9,11-13H,4-7,10H2,1-3H3. The van der Waals surface area contributed by atoms with Gasteiger partial charge in [0.1, 0.15) is 11.5 Å². The summed E-state index contributed by atoms with van der Waals surface area (Å²) in [5, 5.41) is 0. The molecule has 1 aromatic rings. The molecule has 18 heavy (non-hydrogen) atoms. The second kappa shape index (κ2) is 7.91. The molecule has 0 saturated heterocycles. The average Bonchev–Trinajstić information content (AvgIpc) is 2.36. The van der Waals surface area contributed by atoms with Crippen LogP contribution in [0.2, 0.25) is 0 Å². The van der Waals surface area contributed by atoms with Crippen molar-refractivity contribution in [1.29, 1.82) is 0 Å². The summed E-state index contributed by atoms with van der Waals surface area (Å²) >= 11 is 0. The molecule has 0 amide bonds. The zero-order valence-corrected chi connectivity index (χ0v) is 11.7. The molecule has 0 unspecified atom stereocenters. The zero-order chi connectivity index (χ0) is 13.4. The van der Waals surface area contributed by atoms with Crippen molar-refractivity contribution in [2.75, 3.05) is 7.11 Å². The third-order valence-corrected chi connectivity index (χ3v) is 3.09. The number of carbonyl (C=O) groups excluding carboxylic acids is 1. The lowest BCUT2D eigenvalue weighted by atomic mass is 10.0. The summed E-state index contributed by atoms with van der Waals surface area (Å²) in [6.07, 6.45) is 4.40. The number of ether oxygens (including phenoxy) is 1. The first-order chi connectivity index (χ1) is 8.61. The van der Waals surface area contributed by atoms with Gasteiger partial charge in [0.05, 0.1) is 7.11 Å². The molecular weight excluding hydrogens is 224 g/mol. The second-order valence-electron chi connectivity index (χ2n) is 5.17. The van der Waals surface area contributed by atoms with E-state index in [-0.39, 0.29) is 0 Å². The lowest BCUT2D eigenvalue weighted by molar-refractivity contribution is -0.119. The molecule has 2 nitrogen and oxygen atoms in total. The summed E-state index contributed by atoms with van der Waals surface area (Å²) in [5.41, 5.74) is 1.20. The van der Waals surface area contributed by atoms with Crippen LogP contribution < -0.4 is 4.74 Å². The van der Waals surface area contributed by atoms with Crippen LogP contribution in [-0.2, 0) is 11.2 Å². The molecule has 0 saturated carbocycles. The van der Waals surface area contributed by atoms with Crippen LogP contribution in [0.3, 0.4) is 0 Å². The Balaban J connectivity index is 2.24. The molecule has 0 aliphatic heterocycles. The van der Waals surface area contributed by atoms with E-state index < -0.39 is 0 Å². The molecule has 0 heterocycles. The van der Waals surface area contributed by atoms with Gasteiger partial charge in [-0.25, -0.2) is 0 Å². The van der Waals surface area contributed by atoms with Gasteiger partial charge in [0.2, 0.25) is 0 Å². The summed E-state index contributed by atoms with van der Waals surface area (Å²) in [6, 6.07) is 7.94. The zero-order valence-electron chi connectivity index (χ0n) is 11.7. The third kappa shape index (κ3) is 5.85. The van der Waals surface area contributed by atoms with E-state index in [1.807, 2.05) is 24.3 Å². The highest BCUT2D eigenvalue weighted by Gasteiger charge is 2.04. The van der Waals surface area contributed by atoms with Gasteiger partial charge in [0.15, 0.2) is 0 Å². The van der Waals surface area contributed by atoms with Crippen LogP contribution in [0.5, 0.6) is 5.75 Å². The van der Waals surface area contributed by atoms with Gasteiger partial charge in [0.25, 0.3) is 0 Å². The molecule has 0 bridgehead atoms. The number of rotatable bonds is 8. The van der Waals surface area contributed by atoms with E-state index in [9.17, 15) is 4.79 Å². The van der Waals surface area contributed by atoms with Crippen LogP contribution in [0.15, 0.2) is 24.3 Å². The first kappa shape index (κ1) is 14.7. The maximum absolute atomic E-state index is 11.7. The van der Waals surface area contributed by atoms with Crippen LogP contribution in [0, 0.1) is 5.92 Å². The van der Waals surface area contributed by atoms with Crippen LogP contribution in [-0.4, -0.2) is 12.9 Å². The Bertz CT molecular complexity index is 352. The van der Waals surface area contributed by atoms with Crippen molar-refractivity contribution in [3.63, 3.8) is 0 Å². The predicted octanol–water partition coefficient (Wildman–Crippen LogP) is 4.02. The Morgan fingerprint density at radius 2 is 1.83 bits per heavy atom. The molecule has 0 spiro atoms. The number of carbonyl (C=O) groups is 1. The van der Waals surface area contributed by atoms with Crippen LogP contribution in [0.25, 0.3) is 0 Å². The molecule has 0 aliphatic carbocycles. The molecule has 1 aromatic carbocycles. The monoisotopic (exact) mass is 248 g/mol. The quantitative estimate of drug-likeness (QED) is 0.694. The lowest BCUT2D eigenvalue weighted by Crippen LogP contribution is -2.01. The number of Topliss-reactive ketones (excluding diaryl/α,β-unsaturated/α-hetero) is 1. The maximum Gasteiger partial charge on any atom is 0.133 e. The molecule has 2 heteroatoms. The Labute approximate surface area is 110 Å². The lowest BCUT2D eigenvalue weighted by Gasteiger charge is -2.05. The molecule has 0 atom stereocenters. The van der Waals surface area contributed by atoms with Gasteiger partial charge < -0.3 is 4.74 Å². The normalized spacial score (nSPS) is 10.7. The number of ketones is 1. The van der Waals surface area contributed by atoms with Gasteiger partial charge >= 0.3 is 0 Å². The third-order valence-electron chi connectivity index (χ3n) is 3.09. The maximum atomic E-state index is 11.7. The van der Waals surface area contributed by atoms with Gasteiger partial charge in [-0.15, -0.1) is 0 Å². The van der Waals surface area contributed by atoms with Crippen molar-refractivity contribution in [2.45, 2.75) is 46.0 Å². The van der Waals surface area contributed by atoms with E-state index in [0.29, 0.717) is 18.1 Å². The number of methoxy groups -OCH3 is 1. The molecule has 0 aliphatic rings. The summed E-state index contributed by atoms with van der Waals surface area (Å²) < 4.78 is 5.10. The minimum atomic E-state index is 0.381. The van der Waals surface area contributed by atoms with Gasteiger partial charge in [0, 0.05) is 12.8 Å². The van der Waals surface area contributed by atoms with Gasteiger partial charge in [-0.3, -0.25) is 4.79 Å². The molecule has 0 N–H and O–H groups in total. The summed E-state index contributed by atoms with van der Waals surface area (Å²) in [5.74, 6) is 1.94. The van der Waals surface area contributed by atoms with E-state index >= 15 is 0 Å². The van der Waals surface area contributed by atoms with Gasteiger partial charge in [-0.05, 0) is 36.5 Å². The first-order valence-electron chi connectivity index (χ1n) is 6.76. The smallest absolute Gasteiger partial charge is 0.133 e. The van der Waals surface area contributed by atoms with Crippen molar-refractivity contribution < 1.29 is 9.53 Å². The number of hydrogen-bond acceptors (Lipinski definition) is 2.